The van der Waals surface area contributed by atoms with E-state index in [-0.39, 0.29) is 17.9 Å². The molecule has 0 aromatic carbocycles. The topological polar surface area (TPSA) is 49.8 Å². The van der Waals surface area contributed by atoms with Crippen LogP contribution in [0.2, 0.25) is 0 Å². The zero-order chi connectivity index (χ0) is 11.6. The summed E-state index contributed by atoms with van der Waals surface area (Å²) in [6.07, 6.45) is 1.26. The van der Waals surface area contributed by atoms with Crippen molar-refractivity contribution in [3.05, 3.63) is 12.3 Å². The molecule has 1 unspecified atom stereocenters. The summed E-state index contributed by atoms with van der Waals surface area (Å²) in [4.78, 5) is 13.3. The molecule has 0 aromatic heterocycles. The third-order valence-electron chi connectivity index (χ3n) is 2.27. The average Bonchev–Trinajstić information content (AvgIpc) is 2.47. The van der Waals surface area contributed by atoms with Crippen molar-refractivity contribution in [2.75, 3.05) is 6.54 Å². The third kappa shape index (κ3) is 3.15. The van der Waals surface area contributed by atoms with Gasteiger partial charge in [0.05, 0.1) is 6.04 Å². The summed E-state index contributed by atoms with van der Waals surface area (Å²) in [7, 11) is 0. The summed E-state index contributed by atoms with van der Waals surface area (Å²) in [6, 6.07) is -0.278. The van der Waals surface area contributed by atoms with Crippen LogP contribution in [0.3, 0.4) is 0 Å². The van der Waals surface area contributed by atoms with Gasteiger partial charge in [-0.2, -0.15) is 0 Å². The molecule has 1 aliphatic rings. The number of likely N-dealkylation sites (tertiary alicyclic amines) is 1. The Morgan fingerprint density at radius 3 is 2.60 bits per heavy atom. The molecule has 4 heteroatoms. The van der Waals surface area contributed by atoms with Gasteiger partial charge in [0, 0.05) is 6.54 Å². The van der Waals surface area contributed by atoms with Crippen LogP contribution in [0.4, 0.5) is 4.79 Å². The van der Waals surface area contributed by atoms with Crippen molar-refractivity contribution in [2.24, 2.45) is 0 Å². The fourth-order valence-corrected chi connectivity index (χ4v) is 1.65. The summed E-state index contributed by atoms with van der Waals surface area (Å²) in [6.45, 7) is 9.57. The largest absolute Gasteiger partial charge is 0.511 e. The van der Waals surface area contributed by atoms with Gasteiger partial charge in [-0.3, -0.25) is 4.90 Å². The van der Waals surface area contributed by atoms with Gasteiger partial charge in [0.1, 0.15) is 11.4 Å². The lowest BCUT2D eigenvalue weighted by Crippen LogP contribution is -2.40. The summed E-state index contributed by atoms with van der Waals surface area (Å²) < 4.78 is 5.24. The number of carbonyl (C=O) groups excluding carboxylic acids is 1. The van der Waals surface area contributed by atoms with Crippen molar-refractivity contribution in [3.63, 3.8) is 0 Å². The van der Waals surface area contributed by atoms with Crippen LogP contribution < -0.4 is 0 Å². The summed E-state index contributed by atoms with van der Waals surface area (Å²) in [5.74, 6) is 0.0401. The SMILES string of the molecule is C=C(O)C1CCCN1C(=O)OC(C)(C)C. The number of hydrogen-bond donors (Lipinski definition) is 1. The minimum atomic E-state index is -0.499. The van der Waals surface area contributed by atoms with Crippen LogP contribution in [0.25, 0.3) is 0 Å². The van der Waals surface area contributed by atoms with Crippen LogP contribution in [-0.2, 0) is 4.74 Å². The van der Waals surface area contributed by atoms with Gasteiger partial charge in [-0.05, 0) is 33.6 Å². The lowest BCUT2D eigenvalue weighted by molar-refractivity contribution is 0.0223. The van der Waals surface area contributed by atoms with E-state index >= 15 is 0 Å². The molecule has 1 atom stereocenters. The molecule has 1 amide bonds. The Morgan fingerprint density at radius 2 is 2.13 bits per heavy atom. The van der Waals surface area contributed by atoms with Crippen LogP contribution in [0.15, 0.2) is 12.3 Å². The van der Waals surface area contributed by atoms with Gasteiger partial charge in [-0.25, -0.2) is 4.79 Å². The molecule has 0 radical (unpaired) electrons. The first-order chi connectivity index (χ1) is 6.81. The first-order valence-electron chi connectivity index (χ1n) is 5.18. The second-order valence-corrected chi connectivity index (χ2v) is 4.82. The molecule has 4 nitrogen and oxygen atoms in total. The standard InChI is InChI=1S/C11H19NO3/c1-8(13)9-6-5-7-12(9)10(14)15-11(2,3)4/h9,13H,1,5-7H2,2-4H3. The Morgan fingerprint density at radius 1 is 1.53 bits per heavy atom. The van der Waals surface area contributed by atoms with Gasteiger partial charge in [0.25, 0.3) is 0 Å². The molecule has 0 aliphatic carbocycles. The van der Waals surface area contributed by atoms with E-state index in [1.165, 1.54) is 4.90 Å². The zero-order valence-electron chi connectivity index (χ0n) is 9.62. The minimum Gasteiger partial charge on any atom is -0.511 e. The van der Waals surface area contributed by atoms with E-state index in [1.807, 2.05) is 20.8 Å². The first kappa shape index (κ1) is 11.9. The molecule has 86 valence electrons. The van der Waals surface area contributed by atoms with Crippen molar-refractivity contribution in [1.29, 1.82) is 0 Å². The molecule has 1 fully saturated rings. The molecule has 1 aliphatic heterocycles. The summed E-state index contributed by atoms with van der Waals surface area (Å²) in [5.41, 5.74) is -0.499. The highest BCUT2D eigenvalue weighted by Crippen LogP contribution is 2.23. The first-order valence-corrected chi connectivity index (χ1v) is 5.18. The Hall–Kier alpha value is -1.19. The van der Waals surface area contributed by atoms with E-state index in [9.17, 15) is 9.90 Å². The lowest BCUT2D eigenvalue weighted by Gasteiger charge is -2.28. The van der Waals surface area contributed by atoms with E-state index < -0.39 is 5.60 Å². The fourth-order valence-electron chi connectivity index (χ4n) is 1.65. The van der Waals surface area contributed by atoms with E-state index in [4.69, 9.17) is 4.74 Å². The van der Waals surface area contributed by atoms with Crippen molar-refractivity contribution in [3.8, 4) is 0 Å². The number of carbonyl (C=O) groups is 1. The quantitative estimate of drug-likeness (QED) is 0.681. The number of aliphatic hydroxyl groups is 1. The van der Waals surface area contributed by atoms with E-state index in [2.05, 4.69) is 6.58 Å². The second-order valence-electron chi connectivity index (χ2n) is 4.82. The Kier molecular flexibility index (Phi) is 3.27. The predicted octanol–water partition coefficient (Wildman–Crippen LogP) is 2.46. The Labute approximate surface area is 90.5 Å². The van der Waals surface area contributed by atoms with E-state index in [0.29, 0.717) is 6.54 Å². The number of hydrogen-bond acceptors (Lipinski definition) is 3. The van der Waals surface area contributed by atoms with Crippen molar-refractivity contribution >= 4 is 6.09 Å². The van der Waals surface area contributed by atoms with Crippen molar-refractivity contribution < 1.29 is 14.6 Å². The van der Waals surface area contributed by atoms with Crippen LogP contribution in [0, 0.1) is 0 Å². The average molecular weight is 213 g/mol. The number of rotatable bonds is 1. The molecule has 1 saturated heterocycles. The molecule has 0 saturated carbocycles. The molecule has 0 spiro atoms. The van der Waals surface area contributed by atoms with Crippen LogP contribution in [-0.4, -0.2) is 34.3 Å². The maximum atomic E-state index is 11.7. The van der Waals surface area contributed by atoms with Gasteiger partial charge >= 0.3 is 6.09 Å². The molecule has 0 aromatic rings. The van der Waals surface area contributed by atoms with Crippen molar-refractivity contribution in [2.45, 2.75) is 45.3 Å². The summed E-state index contributed by atoms with van der Waals surface area (Å²) in [5, 5.41) is 9.33. The number of nitrogens with zero attached hydrogens (tertiary/aromatic N) is 1. The van der Waals surface area contributed by atoms with Crippen molar-refractivity contribution in [1.82, 2.24) is 4.90 Å². The lowest BCUT2D eigenvalue weighted by atomic mass is 10.2. The Balaban J connectivity index is 2.63. The van der Waals surface area contributed by atoms with Gasteiger partial charge in [0.15, 0.2) is 0 Å². The zero-order valence-corrected chi connectivity index (χ0v) is 9.62. The third-order valence-corrected chi connectivity index (χ3v) is 2.27. The number of amides is 1. The maximum Gasteiger partial charge on any atom is 0.410 e. The monoisotopic (exact) mass is 213 g/mol. The molecule has 0 bridgehead atoms. The normalized spacial score (nSPS) is 21.5. The van der Waals surface area contributed by atoms with Gasteiger partial charge in [-0.15, -0.1) is 0 Å². The molecule has 15 heavy (non-hydrogen) atoms. The fraction of sp³-hybridized carbons (Fsp3) is 0.727. The highest BCUT2D eigenvalue weighted by Gasteiger charge is 2.33. The van der Waals surface area contributed by atoms with E-state index in [1.54, 1.807) is 0 Å². The molecule has 1 N–H and O–H groups in total. The van der Waals surface area contributed by atoms with Gasteiger partial charge in [0.2, 0.25) is 0 Å². The molecular formula is C11H19NO3. The minimum absolute atomic E-state index is 0.0401. The smallest absolute Gasteiger partial charge is 0.410 e. The highest BCUT2D eigenvalue weighted by atomic mass is 16.6. The van der Waals surface area contributed by atoms with Crippen LogP contribution in [0.5, 0.6) is 0 Å². The molecular weight excluding hydrogens is 194 g/mol. The Bertz CT molecular complexity index is 267. The predicted molar refractivity (Wildman–Crippen MR) is 57.7 cm³/mol. The highest BCUT2D eigenvalue weighted by molar-refractivity contribution is 5.69. The van der Waals surface area contributed by atoms with Gasteiger partial charge in [-0.1, -0.05) is 6.58 Å². The number of aliphatic hydroxyl groups excluding tert-OH is 1. The van der Waals surface area contributed by atoms with Crippen LogP contribution in [0.1, 0.15) is 33.6 Å². The van der Waals surface area contributed by atoms with E-state index in [0.717, 1.165) is 12.8 Å². The van der Waals surface area contributed by atoms with Crippen LogP contribution >= 0.6 is 0 Å². The number of ether oxygens (including phenoxy) is 1. The summed E-state index contributed by atoms with van der Waals surface area (Å²) >= 11 is 0. The maximum absolute atomic E-state index is 11.7. The molecule has 1 heterocycles. The molecule has 1 rings (SSSR count). The van der Waals surface area contributed by atoms with Gasteiger partial charge < -0.3 is 9.84 Å². The second kappa shape index (κ2) is 4.13.